The van der Waals surface area contributed by atoms with Crippen molar-refractivity contribution in [1.29, 1.82) is 0 Å². The lowest BCUT2D eigenvalue weighted by molar-refractivity contribution is -0.183. The number of hydrogen-bond acceptors (Lipinski definition) is 7. The minimum atomic E-state index is -1.51. The van der Waals surface area contributed by atoms with Gasteiger partial charge in [-0.3, -0.25) is 9.59 Å². The van der Waals surface area contributed by atoms with Crippen LogP contribution in [-0.4, -0.2) is 46.1 Å². The topological polar surface area (TPSA) is 114 Å². The van der Waals surface area contributed by atoms with Gasteiger partial charge in [0.1, 0.15) is 6.61 Å². The van der Waals surface area contributed by atoms with E-state index in [1.54, 1.807) is 12.1 Å². The van der Waals surface area contributed by atoms with E-state index in [4.69, 9.17) is 9.15 Å². The highest BCUT2D eigenvalue weighted by Crippen LogP contribution is 2.68. The number of esters is 1. The Morgan fingerprint density at radius 3 is 2.65 bits per heavy atom. The summed E-state index contributed by atoms with van der Waals surface area (Å²) in [5, 5.41) is 21.4. The summed E-state index contributed by atoms with van der Waals surface area (Å²) in [5.74, 6) is -0.894. The number of Topliss-reactive ketones (excluding diaryl/α,β-unsaturated/α-hetero) is 1. The average molecular weight is 473 g/mol. The van der Waals surface area contributed by atoms with Gasteiger partial charge in [-0.15, -0.1) is 0 Å². The van der Waals surface area contributed by atoms with Gasteiger partial charge in [0.05, 0.1) is 12.4 Å². The van der Waals surface area contributed by atoms with Crippen molar-refractivity contribution in [1.82, 2.24) is 0 Å². The third kappa shape index (κ3) is 3.27. The molecule has 7 heteroatoms. The fraction of sp³-hybridized carbons (Fsp3) is 0.667. The third-order valence-electron chi connectivity index (χ3n) is 9.60. The summed E-state index contributed by atoms with van der Waals surface area (Å²) < 4.78 is 11.1. The first-order chi connectivity index (χ1) is 15.7. The predicted molar refractivity (Wildman–Crippen MR) is 124 cm³/mol. The van der Waals surface area contributed by atoms with E-state index < -0.39 is 35.5 Å². The molecule has 2 N–H and O–H groups in total. The van der Waals surface area contributed by atoms with Gasteiger partial charge in [-0.25, -0.2) is 4.79 Å². The lowest BCUT2D eigenvalue weighted by atomic mass is 9.45. The first kappa shape index (κ1) is 24.9. The number of carbonyl (C=O) groups excluding carboxylic acids is 3. The fourth-order valence-corrected chi connectivity index (χ4v) is 8.09. The van der Waals surface area contributed by atoms with Crippen LogP contribution in [0.4, 0.5) is 0 Å². The molecule has 0 amide bonds. The van der Waals surface area contributed by atoms with Crippen molar-refractivity contribution >= 4 is 17.5 Å². The number of ketones is 2. The second-order valence-corrected chi connectivity index (χ2v) is 10.9. The van der Waals surface area contributed by atoms with Crippen LogP contribution in [-0.2, 0) is 14.3 Å². The molecule has 0 radical (unpaired) electrons. The van der Waals surface area contributed by atoms with Crippen LogP contribution in [0.2, 0.25) is 0 Å². The van der Waals surface area contributed by atoms with Crippen molar-refractivity contribution < 1.29 is 33.8 Å². The molecule has 0 spiro atoms. The molecule has 186 valence electrons. The zero-order chi connectivity index (χ0) is 23.6. The van der Waals surface area contributed by atoms with E-state index in [1.807, 2.05) is 6.92 Å². The van der Waals surface area contributed by atoms with Crippen LogP contribution >= 0.6 is 0 Å². The quantitative estimate of drug-likeness (QED) is 0.639. The number of allylic oxidation sites excluding steroid dienone is 1. The molecule has 1 heterocycles. The lowest BCUT2D eigenvalue weighted by Gasteiger charge is -2.60. The van der Waals surface area contributed by atoms with Gasteiger partial charge in [-0.1, -0.05) is 26.8 Å². The molecule has 5 rings (SSSR count). The van der Waals surface area contributed by atoms with Crippen molar-refractivity contribution in [3.8, 4) is 0 Å². The maximum atomic E-state index is 13.2. The van der Waals surface area contributed by atoms with Crippen molar-refractivity contribution in [3.63, 3.8) is 0 Å². The Morgan fingerprint density at radius 2 is 1.97 bits per heavy atom. The largest absolute Gasteiger partial charge is 0.457 e. The summed E-state index contributed by atoms with van der Waals surface area (Å²) in [7, 11) is 0. The van der Waals surface area contributed by atoms with Crippen LogP contribution in [0.1, 0.15) is 76.8 Å². The summed E-state index contributed by atoms with van der Waals surface area (Å²) in [6, 6.07) is 3.06. The number of ether oxygens (including phenoxy) is 1. The van der Waals surface area contributed by atoms with E-state index in [1.165, 1.54) is 12.3 Å². The monoisotopic (exact) mass is 472 g/mol. The molecular formula is C27H36O7. The van der Waals surface area contributed by atoms with E-state index in [2.05, 4.69) is 6.92 Å². The molecule has 7 atom stereocenters. The summed E-state index contributed by atoms with van der Waals surface area (Å²) in [4.78, 5) is 38.2. The molecule has 0 bridgehead atoms. The molecular weight excluding hydrogens is 436 g/mol. The maximum absolute atomic E-state index is 13.2. The smallest absolute Gasteiger partial charge is 0.375 e. The molecule has 0 aromatic carbocycles. The van der Waals surface area contributed by atoms with Crippen LogP contribution in [0.15, 0.2) is 34.5 Å². The van der Waals surface area contributed by atoms with Gasteiger partial charge >= 0.3 is 5.97 Å². The van der Waals surface area contributed by atoms with Crippen LogP contribution in [0.5, 0.6) is 0 Å². The molecule has 1 aromatic rings. The van der Waals surface area contributed by atoms with E-state index >= 15 is 0 Å². The van der Waals surface area contributed by atoms with Crippen LogP contribution < -0.4 is 0 Å². The van der Waals surface area contributed by atoms with E-state index in [-0.39, 0.29) is 42.1 Å². The molecule has 3 saturated carbocycles. The van der Waals surface area contributed by atoms with Gasteiger partial charge in [0.25, 0.3) is 0 Å². The molecule has 34 heavy (non-hydrogen) atoms. The molecule has 0 saturated heterocycles. The molecule has 0 aliphatic heterocycles. The van der Waals surface area contributed by atoms with Crippen LogP contribution in [0.3, 0.4) is 0 Å². The number of hydrogen-bond donors (Lipinski definition) is 2. The van der Waals surface area contributed by atoms with E-state index in [9.17, 15) is 24.6 Å². The molecule has 4 aliphatic carbocycles. The second kappa shape index (κ2) is 8.45. The van der Waals surface area contributed by atoms with Gasteiger partial charge < -0.3 is 19.4 Å². The standard InChI is InChI=1S/C26H32O7.CH4/c1-24-9-7-16(28)12-15(24)5-6-17-18-8-10-26(21(30)14-27,25(18,2)13-19(29)22(17)24)33-23(31)20-4-3-11-32-20;/h3-4,11-12,17-19,22,27,29H,5-10,13-14H2,1-2H3;1H4/t17-,18-,19-,22+,24-,25-,26-;/m0./s1. The van der Waals surface area contributed by atoms with Gasteiger partial charge in [-0.2, -0.15) is 0 Å². The summed E-state index contributed by atoms with van der Waals surface area (Å²) in [6.07, 6.45) is 6.59. The highest BCUT2D eigenvalue weighted by atomic mass is 16.6. The number of aliphatic hydroxyl groups excluding tert-OH is 2. The van der Waals surface area contributed by atoms with Crippen molar-refractivity contribution in [2.45, 2.75) is 77.9 Å². The zero-order valence-corrected chi connectivity index (χ0v) is 19.2. The fourth-order valence-electron chi connectivity index (χ4n) is 8.09. The predicted octanol–water partition coefficient (Wildman–Crippen LogP) is 3.88. The van der Waals surface area contributed by atoms with Gasteiger partial charge in [-0.05, 0) is 79.9 Å². The molecule has 0 unspecified atom stereocenters. The first-order valence-corrected chi connectivity index (χ1v) is 12.0. The molecule has 1 aromatic heterocycles. The molecule has 7 nitrogen and oxygen atoms in total. The minimum Gasteiger partial charge on any atom is -0.457 e. The van der Waals surface area contributed by atoms with Crippen LogP contribution in [0, 0.1) is 28.6 Å². The molecule has 3 fully saturated rings. The number of aliphatic hydroxyl groups is 2. The first-order valence-electron chi connectivity index (χ1n) is 12.0. The highest BCUT2D eigenvalue weighted by Gasteiger charge is 2.70. The Bertz CT molecular complexity index is 1010. The van der Waals surface area contributed by atoms with Crippen molar-refractivity contribution in [3.05, 3.63) is 35.8 Å². The lowest BCUT2D eigenvalue weighted by Crippen LogP contribution is -2.63. The highest BCUT2D eigenvalue weighted by molar-refractivity contribution is 5.95. The summed E-state index contributed by atoms with van der Waals surface area (Å²) in [6.45, 7) is 3.38. The Morgan fingerprint density at radius 1 is 1.21 bits per heavy atom. The summed E-state index contributed by atoms with van der Waals surface area (Å²) in [5.41, 5.74) is -1.42. The Labute approximate surface area is 200 Å². The Balaban J connectivity index is 0.00000274. The maximum Gasteiger partial charge on any atom is 0.375 e. The van der Waals surface area contributed by atoms with Crippen molar-refractivity contribution in [2.75, 3.05) is 6.61 Å². The zero-order valence-electron chi connectivity index (χ0n) is 19.2. The summed E-state index contributed by atoms with van der Waals surface area (Å²) >= 11 is 0. The van der Waals surface area contributed by atoms with Crippen molar-refractivity contribution in [2.24, 2.45) is 28.6 Å². The number of rotatable bonds is 4. The number of fused-ring (bicyclic) bond motifs is 5. The minimum absolute atomic E-state index is 0. The normalized spacial score (nSPS) is 40.8. The number of carbonyl (C=O) groups is 3. The second-order valence-electron chi connectivity index (χ2n) is 10.9. The number of furan rings is 1. The van der Waals surface area contributed by atoms with Gasteiger partial charge in [0, 0.05) is 11.8 Å². The van der Waals surface area contributed by atoms with Crippen LogP contribution in [0.25, 0.3) is 0 Å². The van der Waals surface area contributed by atoms with E-state index in [0.717, 1.165) is 24.8 Å². The SMILES string of the molecule is C.C[C@]12CCC(=O)C=C1CC[C@@H]1[C@@H]2[C@@H](O)C[C@@]2(C)[C@H]1CC[C@]2(OC(=O)c1ccco1)C(=O)CO. The average Bonchev–Trinajstić information content (AvgIpc) is 3.41. The van der Waals surface area contributed by atoms with Gasteiger partial charge in [0.15, 0.2) is 11.4 Å². The Kier molecular flexibility index (Phi) is 6.18. The molecule has 4 aliphatic rings. The van der Waals surface area contributed by atoms with E-state index in [0.29, 0.717) is 25.7 Å². The third-order valence-corrected chi connectivity index (χ3v) is 9.60. The Hall–Kier alpha value is -2.25. The van der Waals surface area contributed by atoms with Gasteiger partial charge in [0.2, 0.25) is 11.5 Å².